The largest absolute Gasteiger partial charge is 0.337 e. The molecule has 0 aliphatic carbocycles. The monoisotopic (exact) mass is 327 g/mol. The number of nitrogens with one attached hydrogen (secondary N) is 2. The third kappa shape index (κ3) is 3.81. The van der Waals surface area contributed by atoms with Crippen LogP contribution in [-0.4, -0.2) is 27.5 Å². The van der Waals surface area contributed by atoms with Crippen molar-refractivity contribution in [3.05, 3.63) is 47.4 Å². The van der Waals surface area contributed by atoms with Gasteiger partial charge < -0.3 is 5.32 Å². The summed E-state index contributed by atoms with van der Waals surface area (Å²) in [6.45, 7) is 4.50. The Bertz CT molecular complexity index is 845. The minimum atomic E-state index is -0.257. The third-order valence-electron chi connectivity index (χ3n) is 3.43. The van der Waals surface area contributed by atoms with Crippen molar-refractivity contribution in [3.8, 4) is 0 Å². The van der Waals surface area contributed by atoms with Gasteiger partial charge in [0.05, 0.1) is 0 Å². The van der Waals surface area contributed by atoms with Gasteiger partial charge in [0.1, 0.15) is 10.3 Å². The molecule has 3 rings (SSSR count). The number of urea groups is 1. The van der Waals surface area contributed by atoms with E-state index in [2.05, 4.69) is 25.6 Å². The van der Waals surface area contributed by atoms with Crippen LogP contribution in [0.3, 0.4) is 0 Å². The SMILES string of the molecule is Cc1ccc2nc(NC(=O)NCCc3ccncc3C)sc2n1. The van der Waals surface area contributed by atoms with Gasteiger partial charge in [-0.3, -0.25) is 10.3 Å². The number of rotatable bonds is 4. The molecule has 0 radical (unpaired) electrons. The van der Waals surface area contributed by atoms with Crippen LogP contribution in [-0.2, 0) is 6.42 Å². The topological polar surface area (TPSA) is 79.8 Å². The van der Waals surface area contributed by atoms with E-state index < -0.39 is 0 Å². The van der Waals surface area contributed by atoms with Crippen LogP contribution in [0.5, 0.6) is 0 Å². The van der Waals surface area contributed by atoms with Crippen molar-refractivity contribution >= 4 is 32.8 Å². The minimum absolute atomic E-state index is 0.257. The summed E-state index contributed by atoms with van der Waals surface area (Å²) in [5.41, 5.74) is 4.04. The normalized spacial score (nSPS) is 10.7. The molecule has 0 aliphatic heterocycles. The van der Waals surface area contributed by atoms with Crippen LogP contribution in [0.15, 0.2) is 30.6 Å². The Morgan fingerprint density at radius 3 is 2.91 bits per heavy atom. The van der Waals surface area contributed by atoms with Crippen LogP contribution in [0.2, 0.25) is 0 Å². The van der Waals surface area contributed by atoms with E-state index >= 15 is 0 Å². The first kappa shape index (κ1) is 15.4. The van der Waals surface area contributed by atoms with Crippen molar-refractivity contribution in [3.63, 3.8) is 0 Å². The summed E-state index contributed by atoms with van der Waals surface area (Å²) in [4.78, 5) is 25.6. The number of carbonyl (C=O) groups excluding carboxylic acids is 1. The third-order valence-corrected chi connectivity index (χ3v) is 4.31. The van der Waals surface area contributed by atoms with Crippen molar-refractivity contribution in [2.24, 2.45) is 0 Å². The van der Waals surface area contributed by atoms with Crippen molar-refractivity contribution in [1.82, 2.24) is 20.3 Å². The van der Waals surface area contributed by atoms with Gasteiger partial charge in [0.25, 0.3) is 0 Å². The zero-order chi connectivity index (χ0) is 16.2. The Labute approximate surface area is 138 Å². The van der Waals surface area contributed by atoms with Crippen LogP contribution in [0, 0.1) is 13.8 Å². The number of aromatic nitrogens is 3. The highest BCUT2D eigenvalue weighted by atomic mass is 32.1. The highest BCUT2D eigenvalue weighted by Gasteiger charge is 2.08. The molecule has 7 heteroatoms. The highest BCUT2D eigenvalue weighted by Crippen LogP contribution is 2.24. The molecule has 0 atom stereocenters. The second-order valence-electron chi connectivity index (χ2n) is 5.23. The van der Waals surface area contributed by atoms with Gasteiger partial charge in [-0.2, -0.15) is 0 Å². The second kappa shape index (κ2) is 6.70. The summed E-state index contributed by atoms with van der Waals surface area (Å²) in [6, 6.07) is 5.52. The van der Waals surface area contributed by atoms with Gasteiger partial charge in [0.15, 0.2) is 5.13 Å². The molecule has 0 fully saturated rings. The molecule has 118 valence electrons. The maximum Gasteiger partial charge on any atom is 0.321 e. The van der Waals surface area contributed by atoms with E-state index in [9.17, 15) is 4.79 Å². The first-order chi connectivity index (χ1) is 11.1. The van der Waals surface area contributed by atoms with Gasteiger partial charge in [-0.15, -0.1) is 0 Å². The Morgan fingerprint density at radius 1 is 1.22 bits per heavy atom. The molecule has 2 N–H and O–H groups in total. The zero-order valence-corrected chi connectivity index (χ0v) is 13.8. The maximum absolute atomic E-state index is 11.9. The molecule has 6 nitrogen and oxygen atoms in total. The average molecular weight is 327 g/mol. The zero-order valence-electron chi connectivity index (χ0n) is 13.0. The number of fused-ring (bicyclic) bond motifs is 1. The van der Waals surface area contributed by atoms with Gasteiger partial charge in [-0.05, 0) is 49.6 Å². The molecule has 0 aliphatic rings. The lowest BCUT2D eigenvalue weighted by Gasteiger charge is -2.07. The van der Waals surface area contributed by atoms with Gasteiger partial charge in [0.2, 0.25) is 0 Å². The molecule has 0 aromatic carbocycles. The Balaban J connectivity index is 1.55. The van der Waals surface area contributed by atoms with Crippen molar-refractivity contribution in [2.45, 2.75) is 20.3 Å². The van der Waals surface area contributed by atoms with Gasteiger partial charge in [-0.1, -0.05) is 11.3 Å². The molecule has 0 saturated heterocycles. The molecule has 0 unspecified atom stereocenters. The fourth-order valence-corrected chi connectivity index (χ4v) is 3.08. The lowest BCUT2D eigenvalue weighted by Crippen LogP contribution is -2.30. The fraction of sp³-hybridized carbons (Fsp3) is 0.250. The Hall–Kier alpha value is -2.54. The molecule has 0 bridgehead atoms. The number of pyridine rings is 2. The summed E-state index contributed by atoms with van der Waals surface area (Å²) >= 11 is 1.37. The van der Waals surface area contributed by atoms with E-state index in [1.165, 1.54) is 16.9 Å². The summed E-state index contributed by atoms with van der Waals surface area (Å²) in [7, 11) is 0. The summed E-state index contributed by atoms with van der Waals surface area (Å²) in [6.07, 6.45) is 4.35. The first-order valence-corrected chi connectivity index (χ1v) is 8.12. The van der Waals surface area contributed by atoms with Crippen LogP contribution >= 0.6 is 11.3 Å². The van der Waals surface area contributed by atoms with Gasteiger partial charge in [0, 0.05) is 24.6 Å². The van der Waals surface area contributed by atoms with Crippen LogP contribution in [0.25, 0.3) is 10.3 Å². The van der Waals surface area contributed by atoms with E-state index in [-0.39, 0.29) is 6.03 Å². The predicted octanol–water partition coefficient (Wildman–Crippen LogP) is 3.07. The van der Waals surface area contributed by atoms with Gasteiger partial charge >= 0.3 is 6.03 Å². The number of hydrogen-bond donors (Lipinski definition) is 2. The number of amides is 2. The number of carbonyl (C=O) groups is 1. The Kier molecular flexibility index (Phi) is 4.47. The second-order valence-corrected chi connectivity index (χ2v) is 6.21. The van der Waals surface area contributed by atoms with Crippen LogP contribution in [0.4, 0.5) is 9.93 Å². The summed E-state index contributed by atoms with van der Waals surface area (Å²) < 4.78 is 0. The van der Waals surface area contributed by atoms with Gasteiger partial charge in [-0.25, -0.2) is 14.8 Å². The molecular formula is C16H17N5OS. The smallest absolute Gasteiger partial charge is 0.321 e. The van der Waals surface area contributed by atoms with Crippen molar-refractivity contribution in [1.29, 1.82) is 0 Å². The van der Waals surface area contributed by atoms with Crippen LogP contribution < -0.4 is 10.6 Å². The van der Waals surface area contributed by atoms with E-state index in [1.807, 2.05) is 38.2 Å². The molecule has 0 spiro atoms. The van der Waals surface area contributed by atoms with Crippen LogP contribution in [0.1, 0.15) is 16.8 Å². The lowest BCUT2D eigenvalue weighted by atomic mass is 10.1. The fourth-order valence-electron chi connectivity index (χ4n) is 2.20. The van der Waals surface area contributed by atoms with E-state index in [0.717, 1.165) is 28.0 Å². The standard InChI is InChI=1S/C16H17N5OS/c1-10-9-17-7-5-12(10)6-8-18-15(22)21-16-20-13-4-3-11(2)19-14(13)23-16/h3-5,7,9H,6,8H2,1-2H3,(H2,18,20,21,22). The molecule has 3 aromatic heterocycles. The predicted molar refractivity (Wildman–Crippen MR) is 91.9 cm³/mol. The minimum Gasteiger partial charge on any atom is -0.337 e. The van der Waals surface area contributed by atoms with Crippen molar-refractivity contribution < 1.29 is 4.79 Å². The summed E-state index contributed by atoms with van der Waals surface area (Å²) in [5.74, 6) is 0. The molecule has 0 saturated carbocycles. The van der Waals surface area contributed by atoms with Crippen molar-refractivity contribution in [2.75, 3.05) is 11.9 Å². The number of aryl methyl sites for hydroxylation is 2. The molecule has 3 heterocycles. The number of hydrogen-bond acceptors (Lipinski definition) is 5. The van der Waals surface area contributed by atoms with E-state index in [4.69, 9.17) is 0 Å². The number of anilines is 1. The molecule has 23 heavy (non-hydrogen) atoms. The first-order valence-electron chi connectivity index (χ1n) is 7.30. The highest BCUT2D eigenvalue weighted by molar-refractivity contribution is 7.21. The lowest BCUT2D eigenvalue weighted by molar-refractivity contribution is 0.252. The van der Waals surface area contributed by atoms with E-state index in [0.29, 0.717) is 11.7 Å². The van der Waals surface area contributed by atoms with E-state index in [1.54, 1.807) is 6.20 Å². The molecular weight excluding hydrogens is 310 g/mol. The summed E-state index contributed by atoms with van der Waals surface area (Å²) in [5, 5.41) is 6.15. The average Bonchev–Trinajstić information content (AvgIpc) is 2.90. The molecule has 3 aromatic rings. The number of nitrogens with zero attached hydrogens (tertiary/aromatic N) is 3. The Morgan fingerprint density at radius 2 is 2.09 bits per heavy atom. The number of thiazole rings is 1. The quantitative estimate of drug-likeness (QED) is 0.772. The maximum atomic E-state index is 11.9. The molecule has 2 amide bonds.